The van der Waals surface area contributed by atoms with Crippen LogP contribution in [0, 0.1) is 29.9 Å². The van der Waals surface area contributed by atoms with Gasteiger partial charge >= 0.3 is 6.09 Å². The van der Waals surface area contributed by atoms with E-state index in [2.05, 4.69) is 4.98 Å². The number of hydrogen-bond donors (Lipinski definition) is 2. The smallest absolute Gasteiger partial charge is 0.410 e. The molecule has 30 heavy (non-hydrogen) atoms. The Bertz CT molecular complexity index is 1140. The zero-order valence-electron chi connectivity index (χ0n) is 17.2. The number of rotatable bonds is 2. The van der Waals surface area contributed by atoms with E-state index in [1.54, 1.807) is 33.8 Å². The fourth-order valence-corrected chi connectivity index (χ4v) is 3.58. The monoisotopic (exact) mass is 416 g/mol. The Morgan fingerprint density at radius 2 is 1.97 bits per heavy atom. The van der Waals surface area contributed by atoms with Gasteiger partial charge in [-0.25, -0.2) is 13.6 Å². The van der Waals surface area contributed by atoms with Gasteiger partial charge in [0.1, 0.15) is 17.2 Å². The fraction of sp³-hybridized carbons (Fsp3) is 0.381. The van der Waals surface area contributed by atoms with E-state index in [0.29, 0.717) is 24.2 Å². The van der Waals surface area contributed by atoms with E-state index >= 15 is 4.39 Å². The van der Waals surface area contributed by atoms with Crippen LogP contribution in [0.1, 0.15) is 54.4 Å². The average Bonchev–Trinajstić information content (AvgIpc) is 2.96. The molecular weight excluding hydrogens is 394 g/mol. The Hall–Kier alpha value is -3.41. The molecule has 0 bridgehead atoms. The number of nitrogens with two attached hydrogens (primary N) is 1. The second kappa shape index (κ2) is 7.44. The van der Waals surface area contributed by atoms with Crippen LogP contribution in [0.3, 0.4) is 0 Å². The summed E-state index contributed by atoms with van der Waals surface area (Å²) in [5, 5.41) is 9.65. The van der Waals surface area contributed by atoms with Crippen LogP contribution in [-0.4, -0.2) is 40.6 Å². The Labute approximate surface area is 172 Å². The Morgan fingerprint density at radius 1 is 1.30 bits per heavy atom. The van der Waals surface area contributed by atoms with Gasteiger partial charge in [-0.15, -0.1) is 0 Å². The molecule has 2 aromatic rings. The maximum absolute atomic E-state index is 15.2. The number of hydrogen-bond acceptors (Lipinski definition) is 4. The molecule has 158 valence electrons. The zero-order chi connectivity index (χ0) is 22.4. The van der Waals surface area contributed by atoms with Crippen molar-refractivity contribution < 1.29 is 23.1 Å². The minimum Gasteiger partial charge on any atom is -0.444 e. The third kappa shape index (κ3) is 3.61. The minimum atomic E-state index is -1.40. The highest BCUT2D eigenvalue weighted by molar-refractivity contribution is 6.10. The minimum absolute atomic E-state index is 0.0363. The summed E-state index contributed by atoms with van der Waals surface area (Å²) in [6.45, 7) is 7.07. The van der Waals surface area contributed by atoms with E-state index in [1.807, 2.05) is 6.07 Å². The molecule has 0 spiro atoms. The molecular formula is C21H22F2N4O3. The van der Waals surface area contributed by atoms with Crippen LogP contribution in [0.15, 0.2) is 6.08 Å². The van der Waals surface area contributed by atoms with Gasteiger partial charge in [-0.2, -0.15) is 5.26 Å². The third-order valence-electron chi connectivity index (χ3n) is 4.80. The predicted molar refractivity (Wildman–Crippen MR) is 107 cm³/mol. The first-order valence-corrected chi connectivity index (χ1v) is 9.36. The van der Waals surface area contributed by atoms with Crippen molar-refractivity contribution in [1.82, 2.24) is 9.88 Å². The van der Waals surface area contributed by atoms with E-state index < -0.39 is 34.8 Å². The molecule has 0 saturated heterocycles. The van der Waals surface area contributed by atoms with Crippen LogP contribution in [0.2, 0.25) is 0 Å². The van der Waals surface area contributed by atoms with Gasteiger partial charge in [-0.1, -0.05) is 6.08 Å². The van der Waals surface area contributed by atoms with Gasteiger partial charge in [0.05, 0.1) is 11.1 Å². The number of aromatic amines is 1. The summed E-state index contributed by atoms with van der Waals surface area (Å²) in [4.78, 5) is 28.4. The number of nitriles is 1. The Balaban J connectivity index is 2.19. The molecule has 3 N–H and O–H groups in total. The summed E-state index contributed by atoms with van der Waals surface area (Å²) in [5.74, 6) is -3.84. The molecule has 1 aliphatic rings. The molecule has 1 aromatic carbocycles. The average molecular weight is 416 g/mol. The van der Waals surface area contributed by atoms with Gasteiger partial charge in [0.15, 0.2) is 11.6 Å². The highest BCUT2D eigenvalue weighted by Crippen LogP contribution is 2.37. The molecule has 0 unspecified atom stereocenters. The topological polar surface area (TPSA) is 112 Å². The number of halogens is 2. The molecule has 0 saturated carbocycles. The molecule has 0 atom stereocenters. The van der Waals surface area contributed by atoms with Gasteiger partial charge in [-0.3, -0.25) is 4.79 Å². The van der Waals surface area contributed by atoms with E-state index in [1.165, 1.54) is 4.90 Å². The summed E-state index contributed by atoms with van der Waals surface area (Å²) < 4.78 is 35.4. The first-order valence-electron chi connectivity index (χ1n) is 9.36. The van der Waals surface area contributed by atoms with Gasteiger partial charge in [0.2, 0.25) is 0 Å². The molecule has 0 aliphatic carbocycles. The molecule has 1 aromatic heterocycles. The Kier molecular flexibility index (Phi) is 5.29. The maximum atomic E-state index is 15.2. The molecule has 3 rings (SSSR count). The maximum Gasteiger partial charge on any atom is 0.410 e. The molecule has 0 radical (unpaired) electrons. The van der Waals surface area contributed by atoms with Crippen molar-refractivity contribution in [3.63, 3.8) is 0 Å². The van der Waals surface area contributed by atoms with Gasteiger partial charge in [0, 0.05) is 29.7 Å². The number of aryl methyl sites for hydroxylation is 1. The lowest BCUT2D eigenvalue weighted by Crippen LogP contribution is -2.39. The molecule has 9 heteroatoms. The summed E-state index contributed by atoms with van der Waals surface area (Å²) in [6, 6.07) is 1.97. The molecule has 1 aliphatic heterocycles. The van der Waals surface area contributed by atoms with Crippen LogP contribution >= 0.6 is 0 Å². The van der Waals surface area contributed by atoms with Crippen molar-refractivity contribution in [3.05, 3.63) is 40.1 Å². The number of amides is 2. The van der Waals surface area contributed by atoms with Crippen molar-refractivity contribution in [2.75, 3.05) is 13.1 Å². The number of carbonyl (C=O) groups excluding carboxylic acids is 2. The number of ether oxygens (including phenoxy) is 1. The lowest BCUT2D eigenvalue weighted by molar-refractivity contribution is 0.0273. The van der Waals surface area contributed by atoms with Crippen LogP contribution in [-0.2, 0) is 4.74 Å². The highest BCUT2D eigenvalue weighted by Gasteiger charge is 2.31. The third-order valence-corrected chi connectivity index (χ3v) is 4.80. The molecule has 7 nitrogen and oxygen atoms in total. The number of nitrogens with zero attached hydrogens (tertiary/aromatic N) is 2. The quantitative estimate of drug-likeness (QED) is 0.776. The molecule has 0 fully saturated rings. The SMILES string of the molecule is Cc1[nH]c2c(C(N)=O)c(F)c(F)c(C3=CCCN(C(=O)OC(C)(C)C)C3)c2c1C#N. The number of H-pyrrole nitrogens is 1. The predicted octanol–water partition coefficient (Wildman–Crippen LogP) is 3.75. The van der Waals surface area contributed by atoms with E-state index in [-0.39, 0.29) is 28.6 Å². The van der Waals surface area contributed by atoms with E-state index in [9.17, 15) is 19.2 Å². The second-order valence-electron chi connectivity index (χ2n) is 8.15. The summed E-state index contributed by atoms with van der Waals surface area (Å²) >= 11 is 0. The normalized spacial score (nSPS) is 14.4. The molecule has 2 amide bonds. The number of benzene rings is 1. The van der Waals surface area contributed by atoms with Crippen molar-refractivity contribution in [3.8, 4) is 6.07 Å². The summed E-state index contributed by atoms with van der Waals surface area (Å²) in [5.41, 5.74) is 4.46. The lowest BCUT2D eigenvalue weighted by Gasteiger charge is -2.30. The first kappa shape index (κ1) is 21.3. The zero-order valence-corrected chi connectivity index (χ0v) is 17.2. The van der Waals surface area contributed by atoms with Crippen molar-refractivity contribution in [2.24, 2.45) is 5.73 Å². The number of carbonyl (C=O) groups is 2. The van der Waals surface area contributed by atoms with E-state index in [0.717, 1.165) is 0 Å². The standard InChI is InChI=1S/C21H22F2N4O3/c1-10-12(8-24)14-13(16(22)17(23)15(19(25)28)18(14)26-10)11-6-5-7-27(9-11)20(29)30-21(2,3)4/h6,26H,5,7,9H2,1-4H3,(H2,25,28). The first-order chi connectivity index (χ1) is 14.0. The molecule has 2 heterocycles. The summed E-state index contributed by atoms with van der Waals surface area (Å²) in [7, 11) is 0. The summed E-state index contributed by atoms with van der Waals surface area (Å²) in [6.07, 6.45) is 1.50. The largest absolute Gasteiger partial charge is 0.444 e. The van der Waals surface area contributed by atoms with Gasteiger partial charge < -0.3 is 20.4 Å². The Morgan fingerprint density at radius 3 is 2.53 bits per heavy atom. The fourth-order valence-electron chi connectivity index (χ4n) is 3.58. The number of aromatic nitrogens is 1. The number of nitrogens with one attached hydrogen (secondary N) is 1. The van der Waals surface area contributed by atoms with Crippen LogP contribution in [0.4, 0.5) is 13.6 Å². The number of fused-ring (bicyclic) bond motifs is 1. The van der Waals surface area contributed by atoms with Crippen LogP contribution in [0.5, 0.6) is 0 Å². The van der Waals surface area contributed by atoms with Crippen molar-refractivity contribution in [2.45, 2.75) is 39.7 Å². The van der Waals surface area contributed by atoms with Gasteiger partial charge in [0.25, 0.3) is 5.91 Å². The van der Waals surface area contributed by atoms with Crippen LogP contribution < -0.4 is 5.73 Å². The second-order valence-corrected chi connectivity index (χ2v) is 8.15. The number of primary amides is 1. The van der Waals surface area contributed by atoms with E-state index in [4.69, 9.17) is 10.5 Å². The van der Waals surface area contributed by atoms with Crippen molar-refractivity contribution in [1.29, 1.82) is 5.26 Å². The lowest BCUT2D eigenvalue weighted by atomic mass is 9.92. The van der Waals surface area contributed by atoms with Crippen LogP contribution in [0.25, 0.3) is 16.5 Å². The van der Waals surface area contributed by atoms with Crippen molar-refractivity contribution >= 4 is 28.5 Å². The van der Waals surface area contributed by atoms with Gasteiger partial charge in [-0.05, 0) is 39.7 Å². The highest BCUT2D eigenvalue weighted by atomic mass is 19.2.